The Morgan fingerprint density at radius 3 is 2.65 bits per heavy atom. The van der Waals surface area contributed by atoms with Crippen molar-refractivity contribution in [3.05, 3.63) is 76.8 Å². The highest BCUT2D eigenvalue weighted by Crippen LogP contribution is 2.24. The lowest BCUT2D eigenvalue weighted by atomic mass is 10.1. The molecule has 6 heteroatoms. The summed E-state index contributed by atoms with van der Waals surface area (Å²) in [6.45, 7) is 2.47. The molecule has 26 heavy (non-hydrogen) atoms. The molecule has 0 unspecified atom stereocenters. The third-order valence-corrected chi connectivity index (χ3v) is 4.30. The molecule has 0 fully saturated rings. The number of methoxy groups -OCH3 is 1. The maximum Gasteiger partial charge on any atom is 0.251 e. The molecule has 1 N–H and O–H groups in total. The average molecular weight is 370 g/mol. The number of rotatable bonds is 6. The fraction of sp³-hybridized carbons (Fsp3) is 0.200. The number of hydrogen-bond acceptors (Lipinski definition) is 3. The van der Waals surface area contributed by atoms with Gasteiger partial charge >= 0.3 is 0 Å². The average Bonchev–Trinajstić information content (AvgIpc) is 3.09. The first-order valence-electron chi connectivity index (χ1n) is 8.28. The number of carbonyl (C=O) groups is 1. The summed E-state index contributed by atoms with van der Waals surface area (Å²) in [6.07, 6.45) is 4.37. The molecule has 5 nitrogen and oxygen atoms in total. The van der Waals surface area contributed by atoms with Gasteiger partial charge in [0.05, 0.1) is 24.8 Å². The lowest BCUT2D eigenvalue weighted by Gasteiger charge is -2.11. The highest BCUT2D eigenvalue weighted by molar-refractivity contribution is 6.30. The van der Waals surface area contributed by atoms with E-state index in [2.05, 4.69) is 10.3 Å². The summed E-state index contributed by atoms with van der Waals surface area (Å²) in [5.41, 5.74) is 3.43. The van der Waals surface area contributed by atoms with Gasteiger partial charge in [-0.2, -0.15) is 0 Å². The van der Waals surface area contributed by atoms with Crippen LogP contribution in [0.2, 0.25) is 5.02 Å². The minimum absolute atomic E-state index is 0.134. The van der Waals surface area contributed by atoms with Crippen LogP contribution in [0.1, 0.15) is 21.6 Å². The van der Waals surface area contributed by atoms with Crippen LogP contribution in [0.15, 0.2) is 55.0 Å². The molecule has 0 aliphatic rings. The summed E-state index contributed by atoms with van der Waals surface area (Å²) < 4.78 is 7.32. The second-order valence-electron chi connectivity index (χ2n) is 5.94. The Morgan fingerprint density at radius 1 is 1.23 bits per heavy atom. The van der Waals surface area contributed by atoms with Crippen LogP contribution in [0.3, 0.4) is 0 Å². The molecule has 134 valence electrons. The molecule has 3 rings (SSSR count). The Bertz CT molecular complexity index is 904. The molecule has 2 aromatic carbocycles. The van der Waals surface area contributed by atoms with Gasteiger partial charge in [-0.25, -0.2) is 4.98 Å². The van der Waals surface area contributed by atoms with Gasteiger partial charge in [-0.15, -0.1) is 0 Å². The molecule has 0 saturated heterocycles. The van der Waals surface area contributed by atoms with E-state index in [1.54, 1.807) is 25.6 Å². The van der Waals surface area contributed by atoms with E-state index < -0.39 is 0 Å². The van der Waals surface area contributed by atoms with Gasteiger partial charge in [-0.1, -0.05) is 23.7 Å². The normalized spacial score (nSPS) is 10.6. The molecule has 0 radical (unpaired) electrons. The Morgan fingerprint density at radius 2 is 2.00 bits per heavy atom. The minimum Gasteiger partial charge on any atom is -0.495 e. The van der Waals surface area contributed by atoms with Crippen LogP contribution < -0.4 is 10.1 Å². The number of nitrogens with one attached hydrogen (secondary N) is 1. The molecule has 0 bridgehead atoms. The SMILES string of the molecule is COc1cc(C(=O)NCCc2ccc(Cl)cc2)ccc1-n1cnc(C)c1. The van der Waals surface area contributed by atoms with Crippen molar-refractivity contribution >= 4 is 17.5 Å². The number of ether oxygens (including phenoxy) is 1. The summed E-state index contributed by atoms with van der Waals surface area (Å²) in [5, 5.41) is 3.64. The highest BCUT2D eigenvalue weighted by Gasteiger charge is 2.11. The number of aromatic nitrogens is 2. The molecular weight excluding hydrogens is 350 g/mol. The van der Waals surface area contributed by atoms with E-state index in [1.807, 2.05) is 48.0 Å². The third kappa shape index (κ3) is 4.24. The van der Waals surface area contributed by atoms with Gasteiger partial charge in [0.25, 0.3) is 5.91 Å². The smallest absolute Gasteiger partial charge is 0.251 e. The van der Waals surface area contributed by atoms with Gasteiger partial charge in [0, 0.05) is 23.3 Å². The van der Waals surface area contributed by atoms with E-state index in [-0.39, 0.29) is 5.91 Å². The van der Waals surface area contributed by atoms with E-state index in [9.17, 15) is 4.79 Å². The zero-order valence-corrected chi connectivity index (χ0v) is 15.5. The van der Waals surface area contributed by atoms with Crippen molar-refractivity contribution in [2.75, 3.05) is 13.7 Å². The van der Waals surface area contributed by atoms with E-state index >= 15 is 0 Å². The molecule has 1 aromatic heterocycles. The number of carbonyl (C=O) groups excluding carboxylic acids is 1. The zero-order valence-electron chi connectivity index (χ0n) is 14.7. The van der Waals surface area contributed by atoms with Crippen molar-refractivity contribution in [2.24, 2.45) is 0 Å². The van der Waals surface area contributed by atoms with Crippen molar-refractivity contribution in [1.82, 2.24) is 14.9 Å². The summed E-state index contributed by atoms with van der Waals surface area (Å²) in [6, 6.07) is 13.0. The van der Waals surface area contributed by atoms with E-state index in [1.165, 1.54) is 0 Å². The number of nitrogens with zero attached hydrogens (tertiary/aromatic N) is 2. The Balaban J connectivity index is 1.66. The van der Waals surface area contributed by atoms with Gasteiger partial charge in [0.1, 0.15) is 5.75 Å². The molecule has 1 heterocycles. The molecule has 3 aromatic rings. The number of imidazole rings is 1. The predicted molar refractivity (Wildman–Crippen MR) is 102 cm³/mol. The first-order valence-corrected chi connectivity index (χ1v) is 8.66. The number of halogens is 1. The van der Waals surface area contributed by atoms with Gasteiger partial charge < -0.3 is 14.6 Å². The van der Waals surface area contributed by atoms with Crippen molar-refractivity contribution in [3.63, 3.8) is 0 Å². The van der Waals surface area contributed by atoms with Gasteiger partial charge in [-0.3, -0.25) is 4.79 Å². The number of hydrogen-bond donors (Lipinski definition) is 1. The maximum atomic E-state index is 12.4. The fourth-order valence-corrected chi connectivity index (χ4v) is 2.78. The van der Waals surface area contributed by atoms with E-state index in [0.717, 1.165) is 23.4 Å². The lowest BCUT2D eigenvalue weighted by Crippen LogP contribution is -2.25. The molecule has 0 aliphatic carbocycles. The second kappa shape index (κ2) is 8.06. The second-order valence-corrected chi connectivity index (χ2v) is 6.38. The van der Waals surface area contributed by atoms with E-state index in [0.29, 0.717) is 22.9 Å². The van der Waals surface area contributed by atoms with Crippen LogP contribution in [-0.4, -0.2) is 29.1 Å². The van der Waals surface area contributed by atoms with Crippen molar-refractivity contribution in [2.45, 2.75) is 13.3 Å². The predicted octanol–water partition coefficient (Wildman–Crippen LogP) is 3.82. The third-order valence-electron chi connectivity index (χ3n) is 4.04. The number of aryl methyl sites for hydroxylation is 1. The Hall–Kier alpha value is -2.79. The van der Waals surface area contributed by atoms with E-state index in [4.69, 9.17) is 16.3 Å². The number of amides is 1. The first kappa shape index (κ1) is 18.0. The van der Waals surface area contributed by atoms with Crippen molar-refractivity contribution in [1.29, 1.82) is 0 Å². The molecule has 1 amide bonds. The molecular formula is C20H20ClN3O2. The summed E-state index contributed by atoms with van der Waals surface area (Å²) in [5.74, 6) is 0.485. The topological polar surface area (TPSA) is 56.1 Å². The van der Waals surface area contributed by atoms with Crippen molar-refractivity contribution in [3.8, 4) is 11.4 Å². The quantitative estimate of drug-likeness (QED) is 0.718. The van der Waals surface area contributed by atoms with Crippen LogP contribution in [0, 0.1) is 6.92 Å². The minimum atomic E-state index is -0.134. The molecule has 0 spiro atoms. The standard InChI is InChI=1S/C20H20ClN3O2/c1-14-12-24(13-23-14)18-8-5-16(11-19(18)26-2)20(25)22-10-9-15-3-6-17(21)7-4-15/h3-8,11-13H,9-10H2,1-2H3,(H,22,25). The first-order chi connectivity index (χ1) is 12.6. The molecule has 0 atom stereocenters. The summed E-state index contributed by atoms with van der Waals surface area (Å²) >= 11 is 5.88. The van der Waals surface area contributed by atoms with Crippen LogP contribution in [0.5, 0.6) is 5.75 Å². The summed E-state index contributed by atoms with van der Waals surface area (Å²) in [7, 11) is 1.59. The monoisotopic (exact) mass is 369 g/mol. The fourth-order valence-electron chi connectivity index (χ4n) is 2.66. The van der Waals surface area contributed by atoms with Crippen LogP contribution in [-0.2, 0) is 6.42 Å². The van der Waals surface area contributed by atoms with Crippen molar-refractivity contribution < 1.29 is 9.53 Å². The van der Waals surface area contributed by atoms with Crippen LogP contribution >= 0.6 is 11.6 Å². The highest BCUT2D eigenvalue weighted by atomic mass is 35.5. The molecule has 0 saturated carbocycles. The Labute approximate surface area is 157 Å². The lowest BCUT2D eigenvalue weighted by molar-refractivity contribution is 0.0954. The number of benzene rings is 2. The largest absolute Gasteiger partial charge is 0.495 e. The zero-order chi connectivity index (χ0) is 18.5. The van der Waals surface area contributed by atoms with Gasteiger partial charge in [0.15, 0.2) is 0 Å². The van der Waals surface area contributed by atoms with Crippen LogP contribution in [0.25, 0.3) is 5.69 Å². The summed E-state index contributed by atoms with van der Waals surface area (Å²) in [4.78, 5) is 16.6. The molecule has 0 aliphatic heterocycles. The van der Waals surface area contributed by atoms with Crippen LogP contribution in [0.4, 0.5) is 0 Å². The maximum absolute atomic E-state index is 12.4. The van der Waals surface area contributed by atoms with Gasteiger partial charge in [-0.05, 0) is 49.2 Å². The van der Waals surface area contributed by atoms with Gasteiger partial charge in [0.2, 0.25) is 0 Å². The Kier molecular flexibility index (Phi) is 5.58.